The van der Waals surface area contributed by atoms with Crippen molar-refractivity contribution in [3.8, 4) is 16.9 Å². The van der Waals surface area contributed by atoms with E-state index >= 15 is 0 Å². The molecule has 3 aliphatic heterocycles. The van der Waals surface area contributed by atoms with Crippen LogP contribution in [-0.4, -0.2) is 61.8 Å². The molecule has 1 amide bonds. The number of fused-ring (bicyclic) bond motifs is 1. The van der Waals surface area contributed by atoms with Crippen LogP contribution in [0.5, 0.6) is 5.75 Å². The number of rotatable bonds is 9. The second kappa shape index (κ2) is 14.9. The van der Waals surface area contributed by atoms with Gasteiger partial charge in [-0.1, -0.05) is 43.0 Å². The topological polar surface area (TPSA) is 54.4 Å². The molecule has 2 aromatic rings. The Hall–Kier alpha value is -3.68. The van der Waals surface area contributed by atoms with Gasteiger partial charge in [-0.3, -0.25) is 9.79 Å². The lowest BCUT2D eigenvalue weighted by molar-refractivity contribution is -0.124. The van der Waals surface area contributed by atoms with Gasteiger partial charge >= 0.3 is 0 Å². The number of carbonyl (C=O) groups is 1. The van der Waals surface area contributed by atoms with E-state index in [-0.39, 0.29) is 5.91 Å². The van der Waals surface area contributed by atoms with Gasteiger partial charge in [0.25, 0.3) is 0 Å². The predicted octanol–water partition coefficient (Wildman–Crippen LogP) is 8.20. The molecule has 1 aromatic heterocycles. The Labute approximate surface area is 266 Å². The summed E-state index contributed by atoms with van der Waals surface area (Å²) >= 11 is 1.70. The predicted molar refractivity (Wildman–Crippen MR) is 183 cm³/mol. The van der Waals surface area contributed by atoms with Crippen LogP contribution in [0.3, 0.4) is 0 Å². The minimum absolute atomic E-state index is 0.0337. The van der Waals surface area contributed by atoms with Crippen molar-refractivity contribution in [2.24, 2.45) is 4.99 Å². The number of hydrogen-bond donors (Lipinski definition) is 0. The number of ether oxygens (including phenoxy) is 2. The van der Waals surface area contributed by atoms with Crippen LogP contribution in [0.1, 0.15) is 62.8 Å². The van der Waals surface area contributed by atoms with Crippen LogP contribution < -0.4 is 4.74 Å². The Kier molecular flexibility index (Phi) is 10.7. The standard InChI is InChI=1S/C37H45N3O3S/c1-26-24-34(40-19-21-42-22-20-40)43-35-33(25-44-36(26)35)30-17-15-29(16-18-30)11-9-10-14-32-13-8-6-7-12-31(28(3)38-32)23-27(2)37(41)39(4)5/h12-13,15-18,23-25H,1,6-11,14,19-22H2,2-5H3/b27-23+,31-12-,32-13?,38-28?. The first-order valence-corrected chi connectivity index (χ1v) is 16.6. The number of likely N-dealkylation sites (N-methyl/N-ethyl adjacent to an activating group) is 1. The van der Waals surface area contributed by atoms with Crippen molar-refractivity contribution in [3.05, 3.63) is 93.7 Å². The van der Waals surface area contributed by atoms with Gasteiger partial charge in [0.05, 0.1) is 18.1 Å². The third-order valence-corrected chi connectivity index (χ3v) is 9.31. The molecule has 0 saturated carbocycles. The molecular formula is C37H45N3O3S. The largest absolute Gasteiger partial charge is 0.439 e. The number of nitrogens with zero attached hydrogens (tertiary/aromatic N) is 3. The van der Waals surface area contributed by atoms with E-state index in [1.807, 2.05) is 13.0 Å². The molecule has 44 heavy (non-hydrogen) atoms. The highest BCUT2D eigenvalue weighted by atomic mass is 32.1. The highest BCUT2D eigenvalue weighted by Crippen LogP contribution is 2.46. The summed E-state index contributed by atoms with van der Waals surface area (Å²) in [6, 6.07) is 8.93. The lowest BCUT2D eigenvalue weighted by Crippen LogP contribution is -2.37. The molecule has 0 unspecified atom stereocenters. The monoisotopic (exact) mass is 611 g/mol. The number of hydrogen-bond acceptors (Lipinski definition) is 6. The fourth-order valence-electron chi connectivity index (χ4n) is 5.73. The van der Waals surface area contributed by atoms with Gasteiger partial charge in [-0.05, 0) is 87.1 Å². The Balaban J connectivity index is 1.17. The van der Waals surface area contributed by atoms with Gasteiger partial charge in [-0.15, -0.1) is 11.3 Å². The highest BCUT2D eigenvalue weighted by Gasteiger charge is 2.26. The molecule has 232 valence electrons. The molecule has 0 bridgehead atoms. The maximum Gasteiger partial charge on any atom is 0.248 e. The van der Waals surface area contributed by atoms with Gasteiger partial charge in [0, 0.05) is 61.2 Å². The van der Waals surface area contributed by atoms with Crippen molar-refractivity contribution < 1.29 is 14.3 Å². The number of allylic oxidation sites excluding steroid dienone is 7. The van der Waals surface area contributed by atoms with Gasteiger partial charge < -0.3 is 19.3 Å². The van der Waals surface area contributed by atoms with Gasteiger partial charge in [0.1, 0.15) is 0 Å². The van der Waals surface area contributed by atoms with Crippen molar-refractivity contribution >= 4 is 28.5 Å². The first kappa shape index (κ1) is 31.7. The Morgan fingerprint density at radius 3 is 2.57 bits per heavy atom. The first-order valence-electron chi connectivity index (χ1n) is 15.8. The second-order valence-electron chi connectivity index (χ2n) is 11.9. The maximum atomic E-state index is 12.4. The van der Waals surface area contributed by atoms with Crippen LogP contribution in [0, 0.1) is 0 Å². The summed E-state index contributed by atoms with van der Waals surface area (Å²) in [6.45, 7) is 11.4. The van der Waals surface area contributed by atoms with Gasteiger partial charge in [0.2, 0.25) is 5.91 Å². The average Bonchev–Trinajstić information content (AvgIpc) is 3.49. The number of aryl methyl sites for hydroxylation is 1. The van der Waals surface area contributed by atoms with Crippen molar-refractivity contribution in [3.63, 3.8) is 0 Å². The summed E-state index contributed by atoms with van der Waals surface area (Å²) in [5.74, 6) is 1.82. The average molecular weight is 612 g/mol. The molecule has 5 rings (SSSR count). The van der Waals surface area contributed by atoms with Crippen molar-refractivity contribution in [2.75, 3.05) is 40.4 Å². The number of aliphatic imine (C=N–C) groups is 1. The molecule has 1 saturated heterocycles. The summed E-state index contributed by atoms with van der Waals surface area (Å²) < 4.78 is 12.0. The molecule has 1 aromatic carbocycles. The van der Waals surface area contributed by atoms with E-state index in [2.05, 4.69) is 66.3 Å². The number of benzene rings is 1. The van der Waals surface area contributed by atoms with Crippen LogP contribution >= 0.6 is 11.3 Å². The van der Waals surface area contributed by atoms with Crippen LogP contribution in [0.25, 0.3) is 16.7 Å². The smallest absolute Gasteiger partial charge is 0.248 e. The third-order valence-electron chi connectivity index (χ3n) is 8.27. The molecule has 0 aliphatic carbocycles. The Morgan fingerprint density at radius 1 is 1.09 bits per heavy atom. The van der Waals surface area contributed by atoms with Crippen molar-refractivity contribution in [1.82, 2.24) is 9.80 Å². The molecule has 6 nitrogen and oxygen atoms in total. The number of amides is 1. The van der Waals surface area contributed by atoms with E-state index in [1.165, 1.54) is 11.1 Å². The summed E-state index contributed by atoms with van der Waals surface area (Å²) in [5.41, 5.74) is 8.58. The maximum absolute atomic E-state index is 12.4. The molecule has 1 fully saturated rings. The first-order chi connectivity index (χ1) is 21.3. The van der Waals surface area contributed by atoms with Crippen molar-refractivity contribution in [1.29, 1.82) is 0 Å². The fraction of sp³-hybridized carbons (Fsp3) is 0.405. The summed E-state index contributed by atoms with van der Waals surface area (Å²) in [6.07, 6.45) is 15.9. The quantitative estimate of drug-likeness (QED) is 0.212. The van der Waals surface area contributed by atoms with Gasteiger partial charge in [-0.25, -0.2) is 0 Å². The van der Waals surface area contributed by atoms with Crippen LogP contribution in [-0.2, 0) is 16.0 Å². The zero-order valence-electron chi connectivity index (χ0n) is 26.7. The van der Waals surface area contributed by atoms with Crippen LogP contribution in [0.4, 0.5) is 0 Å². The summed E-state index contributed by atoms with van der Waals surface area (Å²) in [7, 11) is 3.57. The minimum Gasteiger partial charge on any atom is -0.439 e. The molecule has 0 spiro atoms. The fourth-order valence-corrected chi connectivity index (χ4v) is 6.68. The number of morpholine rings is 1. The van der Waals surface area contributed by atoms with E-state index in [1.54, 1.807) is 30.3 Å². The molecule has 3 aliphatic rings. The van der Waals surface area contributed by atoms with E-state index in [0.717, 1.165) is 121 Å². The van der Waals surface area contributed by atoms with E-state index in [4.69, 9.17) is 14.5 Å². The SMILES string of the molecule is C=C1C=C(N2CCOCC2)Oc2c(-c3ccc(CCCCC4=CCCC/C=C(/C=C(\C)C(=O)N(C)C)C(C)=N4)cc3)csc21. The molecule has 0 atom stereocenters. The lowest BCUT2D eigenvalue weighted by Gasteiger charge is -2.32. The minimum atomic E-state index is 0.0337. The highest BCUT2D eigenvalue weighted by molar-refractivity contribution is 7.12. The molecule has 7 heteroatoms. The lowest BCUT2D eigenvalue weighted by atomic mass is 10.0. The number of unbranched alkanes of at least 4 members (excludes halogenated alkanes) is 1. The molecule has 0 radical (unpaired) electrons. The van der Waals surface area contributed by atoms with Gasteiger partial charge in [0.15, 0.2) is 11.6 Å². The number of carbonyl (C=O) groups excluding carboxylic acids is 1. The number of thiophene rings is 1. The second-order valence-corrected chi connectivity index (χ2v) is 12.8. The van der Waals surface area contributed by atoms with Crippen LogP contribution in [0.15, 0.2) is 88.2 Å². The van der Waals surface area contributed by atoms with E-state index in [0.29, 0.717) is 0 Å². The Morgan fingerprint density at radius 2 is 1.82 bits per heavy atom. The van der Waals surface area contributed by atoms with Crippen molar-refractivity contribution in [2.45, 2.75) is 58.8 Å². The zero-order chi connectivity index (χ0) is 31.1. The summed E-state index contributed by atoms with van der Waals surface area (Å²) in [4.78, 5) is 22.3. The van der Waals surface area contributed by atoms with E-state index in [9.17, 15) is 4.79 Å². The van der Waals surface area contributed by atoms with Gasteiger partial charge in [-0.2, -0.15) is 0 Å². The normalized spacial score (nSPS) is 18.9. The zero-order valence-corrected chi connectivity index (χ0v) is 27.5. The third kappa shape index (κ3) is 7.88. The van der Waals surface area contributed by atoms with Crippen LogP contribution in [0.2, 0.25) is 0 Å². The Bertz CT molecular complexity index is 1520. The van der Waals surface area contributed by atoms with E-state index < -0.39 is 0 Å². The summed E-state index contributed by atoms with van der Waals surface area (Å²) in [5, 5.41) is 2.19. The molecule has 4 heterocycles. The molecule has 0 N–H and O–H groups in total. The molecular weight excluding hydrogens is 566 g/mol.